The molecule has 9 nitrogen and oxygen atoms in total. The van der Waals surface area contributed by atoms with Crippen LogP contribution in [0.15, 0.2) is 47.4 Å². The molecule has 2 amide bonds. The molecule has 0 bridgehead atoms. The molecule has 1 saturated heterocycles. The monoisotopic (exact) mass is 542 g/mol. The Morgan fingerprint density at radius 3 is 2.37 bits per heavy atom. The van der Waals surface area contributed by atoms with Gasteiger partial charge in [-0.15, -0.1) is 0 Å². The molecule has 1 aliphatic rings. The number of hydrogen-bond acceptors (Lipinski definition) is 7. The summed E-state index contributed by atoms with van der Waals surface area (Å²) in [6.45, 7) is -0.116. The topological polar surface area (TPSA) is 119 Å². The molecule has 0 saturated carbocycles. The number of rotatable bonds is 8. The van der Waals surface area contributed by atoms with Crippen molar-refractivity contribution in [1.29, 1.82) is 0 Å². The molecule has 0 aliphatic carbocycles. The highest BCUT2D eigenvalue weighted by Crippen LogP contribution is 2.30. The maximum Gasteiger partial charge on any atom is 0.305 e. The number of sulfonamides is 1. The molecule has 2 aromatic carbocycles. The summed E-state index contributed by atoms with van der Waals surface area (Å²) in [4.78, 5) is 38.3. The van der Waals surface area contributed by atoms with Gasteiger partial charge in [-0.05, 0) is 60.9 Å². The van der Waals surface area contributed by atoms with Crippen molar-refractivity contribution < 1.29 is 32.3 Å². The number of methoxy groups -OCH3 is 2. The summed E-state index contributed by atoms with van der Waals surface area (Å²) in [5, 5.41) is 3.35. The Hall–Kier alpha value is -2.82. The molecule has 0 spiro atoms. The van der Waals surface area contributed by atoms with E-state index in [4.69, 9.17) is 27.9 Å². The van der Waals surface area contributed by atoms with Crippen LogP contribution in [0.3, 0.4) is 0 Å². The van der Waals surface area contributed by atoms with Crippen molar-refractivity contribution >= 4 is 51.0 Å². The average molecular weight is 543 g/mol. The SMILES string of the molecule is COC(=O)CCC1C(=O)NCC(Cc2cc(Cl)ccc2OC)C(=O)N1S(=O)(=O)c1ccc(Cl)cc1. The first kappa shape index (κ1) is 26.8. The standard InChI is InChI=1S/C23H24Cl2N2O7S/c1-33-20-9-5-17(25)12-14(20)11-15-13-26-22(29)19(8-10-21(28)34-2)27(23(15)30)35(31,32)18-6-3-16(24)4-7-18/h3-7,9,12,15,19H,8,10-11,13H2,1-2H3,(H,26,29). The minimum Gasteiger partial charge on any atom is -0.496 e. The Kier molecular flexibility index (Phi) is 8.63. The summed E-state index contributed by atoms with van der Waals surface area (Å²) >= 11 is 12.0. The van der Waals surface area contributed by atoms with Gasteiger partial charge in [0, 0.05) is 23.0 Å². The van der Waals surface area contributed by atoms with E-state index in [-0.39, 0.29) is 30.7 Å². The summed E-state index contributed by atoms with van der Waals surface area (Å²) in [7, 11) is -1.84. The van der Waals surface area contributed by atoms with Gasteiger partial charge >= 0.3 is 5.97 Å². The quantitative estimate of drug-likeness (QED) is 0.509. The summed E-state index contributed by atoms with van der Waals surface area (Å²) in [6, 6.07) is 8.67. The van der Waals surface area contributed by atoms with Crippen molar-refractivity contribution in [3.05, 3.63) is 58.1 Å². The zero-order valence-electron chi connectivity index (χ0n) is 19.0. The number of carbonyl (C=O) groups excluding carboxylic acids is 3. The van der Waals surface area contributed by atoms with Crippen molar-refractivity contribution in [1.82, 2.24) is 9.62 Å². The Morgan fingerprint density at radius 1 is 1.09 bits per heavy atom. The van der Waals surface area contributed by atoms with Gasteiger partial charge in [-0.25, -0.2) is 12.7 Å². The number of halogens is 2. The lowest BCUT2D eigenvalue weighted by molar-refractivity contribution is -0.142. The molecule has 2 atom stereocenters. The van der Waals surface area contributed by atoms with Gasteiger partial charge in [-0.3, -0.25) is 14.4 Å². The molecule has 2 unspecified atom stereocenters. The Balaban J connectivity index is 2.05. The van der Waals surface area contributed by atoms with Crippen molar-refractivity contribution in [2.24, 2.45) is 5.92 Å². The minimum atomic E-state index is -4.48. The summed E-state index contributed by atoms with van der Waals surface area (Å²) in [6.07, 6.45) is -0.454. The number of nitrogens with one attached hydrogen (secondary N) is 1. The molecule has 2 aromatic rings. The van der Waals surface area contributed by atoms with Gasteiger partial charge in [-0.1, -0.05) is 23.2 Å². The molecule has 1 aliphatic heterocycles. The molecule has 0 aromatic heterocycles. The van der Waals surface area contributed by atoms with E-state index in [0.717, 1.165) is 0 Å². The average Bonchev–Trinajstić information content (AvgIpc) is 2.94. The van der Waals surface area contributed by atoms with Gasteiger partial charge < -0.3 is 14.8 Å². The lowest BCUT2D eigenvalue weighted by Crippen LogP contribution is -2.50. The predicted molar refractivity (Wildman–Crippen MR) is 129 cm³/mol. The maximum absolute atomic E-state index is 13.7. The van der Waals surface area contributed by atoms with E-state index in [1.165, 1.54) is 38.5 Å². The fraction of sp³-hybridized carbons (Fsp3) is 0.348. The van der Waals surface area contributed by atoms with Crippen molar-refractivity contribution in [3.8, 4) is 5.75 Å². The second-order valence-corrected chi connectivity index (χ2v) is 10.5. The Bertz CT molecular complexity index is 1220. The lowest BCUT2D eigenvalue weighted by atomic mass is 9.97. The van der Waals surface area contributed by atoms with Crippen LogP contribution in [0.4, 0.5) is 0 Å². The minimum absolute atomic E-state index is 0.0548. The third-order valence-corrected chi connectivity index (χ3v) is 7.91. The molecule has 35 heavy (non-hydrogen) atoms. The number of amides is 2. The number of carbonyl (C=O) groups is 3. The molecule has 1 N–H and O–H groups in total. The second-order valence-electron chi connectivity index (χ2n) is 7.83. The van der Waals surface area contributed by atoms with Gasteiger partial charge in [0.05, 0.1) is 25.0 Å². The highest BCUT2D eigenvalue weighted by atomic mass is 35.5. The maximum atomic E-state index is 13.7. The number of hydrogen-bond donors (Lipinski definition) is 1. The molecular formula is C23H24Cl2N2O7S. The summed E-state index contributed by atoms with van der Waals surface area (Å²) in [5.41, 5.74) is 0.574. The smallest absolute Gasteiger partial charge is 0.305 e. The van der Waals surface area contributed by atoms with Crippen LogP contribution < -0.4 is 10.1 Å². The zero-order valence-corrected chi connectivity index (χ0v) is 21.3. The van der Waals surface area contributed by atoms with E-state index < -0.39 is 39.8 Å². The Morgan fingerprint density at radius 2 is 1.74 bits per heavy atom. The fourth-order valence-corrected chi connectivity index (χ4v) is 5.76. The molecule has 1 heterocycles. The van der Waals surface area contributed by atoms with E-state index >= 15 is 0 Å². The van der Waals surface area contributed by atoms with Gasteiger partial charge in [0.15, 0.2) is 0 Å². The molecule has 188 valence electrons. The molecule has 12 heteroatoms. The van der Waals surface area contributed by atoms with Crippen LogP contribution in [-0.2, 0) is 35.6 Å². The summed E-state index contributed by atoms with van der Waals surface area (Å²) in [5.74, 6) is -2.61. The molecular weight excluding hydrogens is 519 g/mol. The normalized spacial score (nSPS) is 18.6. The third kappa shape index (κ3) is 6.06. The highest BCUT2D eigenvalue weighted by Gasteiger charge is 2.45. The lowest BCUT2D eigenvalue weighted by Gasteiger charge is -2.29. The van der Waals surface area contributed by atoms with Gasteiger partial charge in [-0.2, -0.15) is 0 Å². The van der Waals surface area contributed by atoms with Crippen LogP contribution in [0.1, 0.15) is 18.4 Å². The van der Waals surface area contributed by atoms with Crippen molar-refractivity contribution in [2.45, 2.75) is 30.2 Å². The first-order valence-corrected chi connectivity index (χ1v) is 12.8. The zero-order chi connectivity index (χ0) is 25.8. The highest BCUT2D eigenvalue weighted by molar-refractivity contribution is 7.89. The van der Waals surface area contributed by atoms with E-state index in [1.807, 2.05) is 0 Å². The number of ether oxygens (including phenoxy) is 2. The van der Waals surface area contributed by atoms with Crippen LogP contribution in [0.2, 0.25) is 10.0 Å². The number of benzene rings is 2. The molecule has 1 fully saturated rings. The second kappa shape index (κ2) is 11.3. The van der Waals surface area contributed by atoms with Gasteiger partial charge in [0.25, 0.3) is 10.0 Å². The van der Waals surface area contributed by atoms with Gasteiger partial charge in [0.2, 0.25) is 11.8 Å². The van der Waals surface area contributed by atoms with Crippen LogP contribution in [0.25, 0.3) is 0 Å². The van der Waals surface area contributed by atoms with Crippen LogP contribution >= 0.6 is 23.2 Å². The fourth-order valence-electron chi connectivity index (χ4n) is 3.81. The van der Waals surface area contributed by atoms with E-state index in [9.17, 15) is 22.8 Å². The van der Waals surface area contributed by atoms with E-state index in [2.05, 4.69) is 10.1 Å². The third-order valence-electron chi connectivity index (χ3n) is 5.60. The molecule has 3 rings (SSSR count). The number of esters is 1. The van der Waals surface area contributed by atoms with Crippen molar-refractivity contribution in [3.63, 3.8) is 0 Å². The summed E-state index contributed by atoms with van der Waals surface area (Å²) < 4.78 is 37.8. The first-order chi connectivity index (χ1) is 16.6. The van der Waals surface area contributed by atoms with E-state index in [0.29, 0.717) is 25.7 Å². The first-order valence-electron chi connectivity index (χ1n) is 10.6. The van der Waals surface area contributed by atoms with Gasteiger partial charge in [0.1, 0.15) is 11.8 Å². The number of nitrogens with zero attached hydrogens (tertiary/aromatic N) is 1. The molecule has 0 radical (unpaired) electrons. The predicted octanol–water partition coefficient (Wildman–Crippen LogP) is 2.83. The largest absolute Gasteiger partial charge is 0.496 e. The van der Waals surface area contributed by atoms with Crippen LogP contribution in [-0.4, -0.2) is 57.3 Å². The van der Waals surface area contributed by atoms with Crippen LogP contribution in [0.5, 0.6) is 5.75 Å². The van der Waals surface area contributed by atoms with Crippen LogP contribution in [0, 0.1) is 5.92 Å². The van der Waals surface area contributed by atoms with Crippen molar-refractivity contribution in [2.75, 3.05) is 20.8 Å². The Labute approximate surface area is 213 Å². The van der Waals surface area contributed by atoms with E-state index in [1.54, 1.807) is 18.2 Å².